The second-order valence-corrected chi connectivity index (χ2v) is 9.81. The number of rotatable bonds is 4. The maximum atomic E-state index is 13.7. The zero-order valence-corrected chi connectivity index (χ0v) is 19.7. The van der Waals surface area contributed by atoms with Crippen molar-refractivity contribution >= 4 is 17.3 Å². The van der Waals surface area contributed by atoms with Crippen molar-refractivity contribution in [1.82, 2.24) is 19.4 Å². The van der Waals surface area contributed by atoms with Gasteiger partial charge in [-0.2, -0.15) is 5.10 Å². The number of benzene rings is 1. The lowest BCUT2D eigenvalue weighted by atomic mass is 9.78. The van der Waals surface area contributed by atoms with E-state index in [1.807, 2.05) is 69.2 Å². The fourth-order valence-corrected chi connectivity index (χ4v) is 5.25. The van der Waals surface area contributed by atoms with Gasteiger partial charge >= 0.3 is 0 Å². The molecule has 0 aliphatic carbocycles. The molecule has 0 radical (unpaired) electrons. The number of piperidine rings is 1. The molecule has 3 aromatic rings. The highest BCUT2D eigenvalue weighted by atomic mass is 16.5. The Kier molecular flexibility index (Phi) is 6.37. The van der Waals surface area contributed by atoms with Gasteiger partial charge in [-0.1, -0.05) is 31.2 Å². The number of likely N-dealkylation sites (tertiary alicyclic amines) is 1. The molecular weight excluding hydrogens is 428 g/mol. The molecule has 1 atom stereocenters. The molecule has 2 aliphatic rings. The maximum Gasteiger partial charge on any atom is 0.253 e. The summed E-state index contributed by atoms with van der Waals surface area (Å²) < 4.78 is 7.79. The number of carbonyl (C=O) groups excluding carboxylic acids is 2. The number of pyridine rings is 1. The zero-order valence-electron chi connectivity index (χ0n) is 19.7. The molecular formula is C27H32N4O3. The third-order valence-electron chi connectivity index (χ3n) is 7.35. The van der Waals surface area contributed by atoms with Crippen LogP contribution in [0, 0.1) is 11.3 Å². The molecule has 2 aromatic heterocycles. The Bertz CT molecular complexity index is 1150. The molecule has 7 nitrogen and oxygen atoms in total. The first-order valence-electron chi connectivity index (χ1n) is 12.2. The molecule has 0 bridgehead atoms. The first-order chi connectivity index (χ1) is 16.5. The second-order valence-electron chi connectivity index (χ2n) is 9.81. The van der Waals surface area contributed by atoms with Crippen molar-refractivity contribution < 1.29 is 14.3 Å². The van der Waals surface area contributed by atoms with E-state index in [1.54, 1.807) is 0 Å². The summed E-state index contributed by atoms with van der Waals surface area (Å²) in [6, 6.07) is 15.6. The highest BCUT2D eigenvalue weighted by molar-refractivity contribution is 5.94. The zero-order chi connectivity index (χ0) is 23.5. The van der Waals surface area contributed by atoms with Crippen molar-refractivity contribution in [3.63, 3.8) is 0 Å². The first kappa shape index (κ1) is 22.6. The van der Waals surface area contributed by atoms with Gasteiger partial charge in [-0.15, -0.1) is 0 Å². The topological polar surface area (TPSA) is 67.2 Å². The number of amides is 2. The van der Waals surface area contributed by atoms with Crippen LogP contribution in [0.1, 0.15) is 35.7 Å². The largest absolute Gasteiger partial charge is 0.379 e. The van der Waals surface area contributed by atoms with E-state index < -0.39 is 5.41 Å². The van der Waals surface area contributed by atoms with Crippen molar-refractivity contribution in [3.05, 3.63) is 72.1 Å². The monoisotopic (exact) mass is 460 g/mol. The number of hydrogen-bond donors (Lipinski definition) is 0. The van der Waals surface area contributed by atoms with Gasteiger partial charge in [0.2, 0.25) is 5.91 Å². The van der Waals surface area contributed by atoms with E-state index >= 15 is 0 Å². The van der Waals surface area contributed by atoms with E-state index in [9.17, 15) is 9.59 Å². The van der Waals surface area contributed by atoms with Crippen LogP contribution in [-0.2, 0) is 16.0 Å². The van der Waals surface area contributed by atoms with Crippen LogP contribution < -0.4 is 0 Å². The van der Waals surface area contributed by atoms with Gasteiger partial charge in [0.25, 0.3) is 5.91 Å². The Balaban J connectivity index is 1.23. The van der Waals surface area contributed by atoms with Gasteiger partial charge in [-0.25, -0.2) is 4.52 Å². The van der Waals surface area contributed by atoms with Crippen molar-refractivity contribution in [2.45, 2.75) is 26.2 Å². The Morgan fingerprint density at radius 2 is 1.82 bits per heavy atom. The standard InChI is InChI=1S/C27H32N4O3/c1-27(10-14-29(15-11-27)25(32)22-6-3-2-4-7-22)26(33)30-16-17-34-20-21(19-30)18-23-8-5-13-31-24(23)9-12-28-31/h2-9,12-13,21H,10-11,14-20H2,1H3. The van der Waals surface area contributed by atoms with Gasteiger partial charge < -0.3 is 14.5 Å². The van der Waals surface area contributed by atoms with Gasteiger partial charge in [0.1, 0.15) is 0 Å². The summed E-state index contributed by atoms with van der Waals surface area (Å²) in [4.78, 5) is 30.4. The Morgan fingerprint density at radius 1 is 1.03 bits per heavy atom. The fourth-order valence-electron chi connectivity index (χ4n) is 5.25. The summed E-state index contributed by atoms with van der Waals surface area (Å²) in [6.45, 7) is 5.79. The lowest BCUT2D eigenvalue weighted by Gasteiger charge is -2.41. The number of aromatic nitrogens is 2. The molecule has 2 fully saturated rings. The minimum Gasteiger partial charge on any atom is -0.379 e. The van der Waals surface area contributed by atoms with Crippen LogP contribution in [-0.4, -0.2) is 70.6 Å². The Labute approximate surface area is 200 Å². The molecule has 2 saturated heterocycles. The van der Waals surface area contributed by atoms with Gasteiger partial charge in [-0.3, -0.25) is 9.59 Å². The molecule has 5 rings (SSSR count). The van der Waals surface area contributed by atoms with Crippen LogP contribution in [0.3, 0.4) is 0 Å². The predicted molar refractivity (Wildman–Crippen MR) is 129 cm³/mol. The van der Waals surface area contributed by atoms with E-state index in [2.05, 4.69) is 18.1 Å². The minimum absolute atomic E-state index is 0.0485. The number of nitrogens with zero attached hydrogens (tertiary/aromatic N) is 4. The number of carbonyl (C=O) groups is 2. The van der Waals surface area contributed by atoms with Crippen molar-refractivity contribution in [2.24, 2.45) is 11.3 Å². The molecule has 0 spiro atoms. The van der Waals surface area contributed by atoms with Crippen LogP contribution in [0.25, 0.3) is 5.52 Å². The molecule has 0 saturated carbocycles. The fraction of sp³-hybridized carbons (Fsp3) is 0.444. The molecule has 2 aliphatic heterocycles. The van der Waals surface area contributed by atoms with Gasteiger partial charge in [-0.05, 0) is 49.1 Å². The van der Waals surface area contributed by atoms with Crippen molar-refractivity contribution in [2.75, 3.05) is 39.4 Å². The van der Waals surface area contributed by atoms with E-state index in [4.69, 9.17) is 4.74 Å². The summed E-state index contributed by atoms with van der Waals surface area (Å²) in [6.07, 6.45) is 5.97. The third-order valence-corrected chi connectivity index (χ3v) is 7.35. The lowest BCUT2D eigenvalue weighted by Crippen LogP contribution is -2.51. The number of fused-ring (bicyclic) bond motifs is 1. The normalized spacial score (nSPS) is 20.8. The quantitative estimate of drug-likeness (QED) is 0.599. The van der Waals surface area contributed by atoms with Crippen LogP contribution in [0.5, 0.6) is 0 Å². The molecule has 34 heavy (non-hydrogen) atoms. The van der Waals surface area contributed by atoms with Gasteiger partial charge in [0, 0.05) is 55.5 Å². The minimum atomic E-state index is -0.451. The third kappa shape index (κ3) is 4.57. The summed E-state index contributed by atoms with van der Waals surface area (Å²) in [5.74, 6) is 0.473. The Morgan fingerprint density at radius 3 is 2.62 bits per heavy atom. The average Bonchev–Trinajstić information content (AvgIpc) is 3.24. The predicted octanol–water partition coefficient (Wildman–Crippen LogP) is 3.29. The first-order valence-corrected chi connectivity index (χ1v) is 12.2. The molecule has 7 heteroatoms. The summed E-state index contributed by atoms with van der Waals surface area (Å²) in [5.41, 5.74) is 2.58. The summed E-state index contributed by atoms with van der Waals surface area (Å²) in [5, 5.41) is 4.34. The second kappa shape index (κ2) is 9.58. The molecule has 1 unspecified atom stereocenters. The van der Waals surface area contributed by atoms with E-state index in [0.717, 1.165) is 11.9 Å². The number of ether oxygens (including phenoxy) is 1. The molecule has 0 N–H and O–H groups in total. The van der Waals surface area contributed by atoms with E-state index in [-0.39, 0.29) is 17.7 Å². The van der Waals surface area contributed by atoms with Gasteiger partial charge in [0.05, 0.1) is 18.7 Å². The van der Waals surface area contributed by atoms with Crippen LogP contribution >= 0.6 is 0 Å². The molecule has 2 amide bonds. The maximum absolute atomic E-state index is 13.7. The van der Waals surface area contributed by atoms with Crippen LogP contribution in [0.4, 0.5) is 0 Å². The van der Waals surface area contributed by atoms with Crippen LogP contribution in [0.15, 0.2) is 60.9 Å². The number of hydrogen-bond acceptors (Lipinski definition) is 4. The highest BCUT2D eigenvalue weighted by Gasteiger charge is 2.41. The molecule has 1 aromatic carbocycles. The van der Waals surface area contributed by atoms with Gasteiger partial charge in [0.15, 0.2) is 0 Å². The average molecular weight is 461 g/mol. The highest BCUT2D eigenvalue weighted by Crippen LogP contribution is 2.34. The van der Waals surface area contributed by atoms with Crippen LogP contribution in [0.2, 0.25) is 0 Å². The van der Waals surface area contributed by atoms with Crippen molar-refractivity contribution in [3.8, 4) is 0 Å². The lowest BCUT2D eigenvalue weighted by molar-refractivity contribution is -0.144. The smallest absolute Gasteiger partial charge is 0.253 e. The summed E-state index contributed by atoms with van der Waals surface area (Å²) >= 11 is 0. The van der Waals surface area contributed by atoms with E-state index in [0.29, 0.717) is 57.8 Å². The molecule has 4 heterocycles. The SMILES string of the molecule is CC1(C(=O)N2CCOCC(Cc3cccn4nccc34)C2)CCN(C(=O)c2ccccc2)CC1. The molecule has 178 valence electrons. The van der Waals surface area contributed by atoms with Crippen molar-refractivity contribution in [1.29, 1.82) is 0 Å². The Hall–Kier alpha value is -3.19. The van der Waals surface area contributed by atoms with E-state index in [1.165, 1.54) is 5.56 Å². The summed E-state index contributed by atoms with van der Waals surface area (Å²) in [7, 11) is 0.